The lowest BCUT2D eigenvalue weighted by atomic mass is 9.90. The number of hydrogen-bond donors (Lipinski definition) is 0. The largest absolute Gasteiger partial charge is 0.640 e. The van der Waals surface area contributed by atoms with E-state index in [1.54, 1.807) is 6.20 Å². The Hall–Kier alpha value is -0.905. The average Bonchev–Trinajstić information content (AvgIpc) is 2.48. The molecule has 0 radical (unpaired) electrons. The molecule has 1 saturated heterocycles. The molecule has 1 atom stereocenters. The lowest BCUT2D eigenvalue weighted by Crippen LogP contribution is -2.41. The van der Waals surface area contributed by atoms with Gasteiger partial charge < -0.3 is 14.0 Å². The molecule has 0 saturated carbocycles. The molecule has 0 amide bonds. The van der Waals surface area contributed by atoms with Crippen LogP contribution in [0.2, 0.25) is 0 Å². The summed E-state index contributed by atoms with van der Waals surface area (Å²) < 4.78 is 17.3. The van der Waals surface area contributed by atoms with E-state index in [2.05, 4.69) is 4.98 Å². The van der Waals surface area contributed by atoms with Crippen LogP contribution in [0.1, 0.15) is 46.4 Å². The summed E-state index contributed by atoms with van der Waals surface area (Å²) in [6, 6.07) is 5.74. The highest BCUT2D eigenvalue weighted by Gasteiger charge is 2.53. The van der Waals surface area contributed by atoms with Crippen molar-refractivity contribution in [3.63, 3.8) is 0 Å². The van der Waals surface area contributed by atoms with Crippen LogP contribution in [-0.4, -0.2) is 23.5 Å². The normalized spacial score (nSPS) is 23.1. The molecule has 98 valence electrons. The van der Waals surface area contributed by atoms with Crippen LogP contribution < -0.4 is 0 Å². The van der Waals surface area contributed by atoms with Crippen LogP contribution in [0.15, 0.2) is 24.4 Å². The van der Waals surface area contributed by atoms with Crippen LogP contribution in [0.4, 0.5) is 0 Å². The third kappa shape index (κ3) is 2.58. The van der Waals surface area contributed by atoms with Crippen LogP contribution in [0.25, 0.3) is 0 Å². The van der Waals surface area contributed by atoms with Gasteiger partial charge in [-0.1, -0.05) is 6.07 Å². The summed E-state index contributed by atoms with van der Waals surface area (Å²) in [6.07, 6.45) is 1.58. The molecule has 0 bridgehead atoms. The fourth-order valence-corrected chi connectivity index (χ4v) is 1.70. The molecule has 18 heavy (non-hydrogen) atoms. The highest BCUT2D eigenvalue weighted by atomic mass is 16.8. The standard InChI is InChI=1S/C13H20BNO3/c1-10(11-8-6-7-9-15-11)16-14-17-12(2,3)13(4,5)18-14/h6-10H,1-5H3. The first-order valence-electron chi connectivity index (χ1n) is 6.24. The van der Waals surface area contributed by atoms with Gasteiger partial charge in [0.15, 0.2) is 0 Å². The Morgan fingerprint density at radius 1 is 1.17 bits per heavy atom. The summed E-state index contributed by atoms with van der Waals surface area (Å²) >= 11 is 0. The van der Waals surface area contributed by atoms with Crippen molar-refractivity contribution in [2.24, 2.45) is 0 Å². The monoisotopic (exact) mass is 249 g/mol. The van der Waals surface area contributed by atoms with Gasteiger partial charge in [0.05, 0.1) is 23.0 Å². The summed E-state index contributed by atoms with van der Waals surface area (Å²) in [5.41, 5.74) is 0.121. The quantitative estimate of drug-likeness (QED) is 0.772. The molecule has 0 aromatic carbocycles. The zero-order chi connectivity index (χ0) is 13.4. The van der Waals surface area contributed by atoms with Gasteiger partial charge in [-0.25, -0.2) is 0 Å². The minimum atomic E-state index is -0.646. The van der Waals surface area contributed by atoms with Crippen molar-refractivity contribution >= 4 is 7.32 Å². The first kappa shape index (κ1) is 13.5. The van der Waals surface area contributed by atoms with Gasteiger partial charge in [-0.15, -0.1) is 0 Å². The Morgan fingerprint density at radius 2 is 1.78 bits per heavy atom. The molecule has 5 heteroatoms. The molecule has 1 aromatic rings. The van der Waals surface area contributed by atoms with Gasteiger partial charge in [0, 0.05) is 6.20 Å². The molecular weight excluding hydrogens is 229 g/mol. The third-order valence-electron chi connectivity index (χ3n) is 3.65. The van der Waals surface area contributed by atoms with Gasteiger partial charge in [0.2, 0.25) is 0 Å². The topological polar surface area (TPSA) is 40.6 Å². The molecule has 1 aromatic heterocycles. The number of nitrogens with zero attached hydrogens (tertiary/aromatic N) is 1. The second-order valence-corrected chi connectivity index (χ2v) is 5.58. The minimum absolute atomic E-state index is 0.166. The highest BCUT2D eigenvalue weighted by molar-refractivity contribution is 6.37. The molecule has 1 fully saturated rings. The van der Waals surface area contributed by atoms with E-state index in [0.717, 1.165) is 5.69 Å². The fourth-order valence-electron chi connectivity index (χ4n) is 1.70. The Kier molecular flexibility index (Phi) is 3.49. The van der Waals surface area contributed by atoms with Crippen LogP contribution in [0, 0.1) is 0 Å². The van der Waals surface area contributed by atoms with E-state index < -0.39 is 7.32 Å². The summed E-state index contributed by atoms with van der Waals surface area (Å²) in [4.78, 5) is 4.26. The van der Waals surface area contributed by atoms with E-state index >= 15 is 0 Å². The first-order valence-corrected chi connectivity index (χ1v) is 6.24. The van der Waals surface area contributed by atoms with Crippen molar-refractivity contribution in [1.82, 2.24) is 4.98 Å². The van der Waals surface area contributed by atoms with Crippen molar-refractivity contribution in [3.05, 3.63) is 30.1 Å². The van der Waals surface area contributed by atoms with Crippen LogP contribution in [0.3, 0.4) is 0 Å². The number of hydrogen-bond acceptors (Lipinski definition) is 4. The van der Waals surface area contributed by atoms with Crippen molar-refractivity contribution in [2.75, 3.05) is 0 Å². The van der Waals surface area contributed by atoms with Crippen molar-refractivity contribution < 1.29 is 14.0 Å². The van der Waals surface area contributed by atoms with Crippen LogP contribution >= 0.6 is 0 Å². The SMILES string of the molecule is CC(OB1OC(C)(C)C(C)(C)O1)c1ccccn1. The van der Waals surface area contributed by atoms with E-state index in [0.29, 0.717) is 0 Å². The second-order valence-electron chi connectivity index (χ2n) is 5.58. The lowest BCUT2D eigenvalue weighted by molar-refractivity contribution is 0.00578. The second kappa shape index (κ2) is 4.65. The number of pyridine rings is 1. The molecule has 1 aliphatic heterocycles. The van der Waals surface area contributed by atoms with Gasteiger partial charge in [0.25, 0.3) is 0 Å². The van der Waals surface area contributed by atoms with E-state index in [9.17, 15) is 0 Å². The van der Waals surface area contributed by atoms with E-state index in [4.69, 9.17) is 14.0 Å². The van der Waals surface area contributed by atoms with Gasteiger partial charge in [-0.2, -0.15) is 0 Å². The Balaban J connectivity index is 2.00. The zero-order valence-corrected chi connectivity index (χ0v) is 11.6. The van der Waals surface area contributed by atoms with E-state index in [1.807, 2.05) is 52.8 Å². The average molecular weight is 249 g/mol. The van der Waals surface area contributed by atoms with Crippen LogP contribution in [-0.2, 0) is 14.0 Å². The van der Waals surface area contributed by atoms with Crippen LogP contribution in [0.5, 0.6) is 0 Å². The van der Waals surface area contributed by atoms with Crippen molar-refractivity contribution in [3.8, 4) is 0 Å². The molecule has 4 nitrogen and oxygen atoms in total. The summed E-state index contributed by atoms with van der Waals surface area (Å²) in [5, 5.41) is 0. The van der Waals surface area contributed by atoms with Crippen molar-refractivity contribution in [1.29, 1.82) is 0 Å². The third-order valence-corrected chi connectivity index (χ3v) is 3.65. The predicted molar refractivity (Wildman–Crippen MR) is 69.8 cm³/mol. The van der Waals surface area contributed by atoms with Crippen molar-refractivity contribution in [2.45, 2.75) is 51.9 Å². The Labute approximate surface area is 109 Å². The molecule has 2 heterocycles. The molecule has 1 unspecified atom stereocenters. The van der Waals surface area contributed by atoms with Gasteiger partial charge in [-0.3, -0.25) is 4.98 Å². The predicted octanol–water partition coefficient (Wildman–Crippen LogP) is 2.75. The first-order chi connectivity index (χ1) is 8.32. The maximum absolute atomic E-state index is 5.78. The lowest BCUT2D eigenvalue weighted by Gasteiger charge is -2.31. The van der Waals surface area contributed by atoms with Gasteiger partial charge in [-0.05, 0) is 46.8 Å². The molecule has 2 rings (SSSR count). The fraction of sp³-hybridized carbons (Fsp3) is 0.615. The zero-order valence-electron chi connectivity index (χ0n) is 11.6. The number of aromatic nitrogens is 1. The molecule has 0 N–H and O–H groups in total. The maximum atomic E-state index is 5.78. The summed E-state index contributed by atoms with van der Waals surface area (Å²) in [5.74, 6) is 0. The maximum Gasteiger partial charge on any atom is 0.640 e. The molecular formula is C13H20BNO3. The van der Waals surface area contributed by atoms with E-state index in [-0.39, 0.29) is 17.3 Å². The number of rotatable bonds is 3. The Bertz CT molecular complexity index is 392. The van der Waals surface area contributed by atoms with Gasteiger partial charge in [0.1, 0.15) is 0 Å². The van der Waals surface area contributed by atoms with Gasteiger partial charge >= 0.3 is 7.32 Å². The van der Waals surface area contributed by atoms with E-state index in [1.165, 1.54) is 0 Å². The Morgan fingerprint density at radius 3 is 2.28 bits per heavy atom. The molecule has 0 spiro atoms. The minimum Gasteiger partial charge on any atom is -0.378 e. The molecule has 0 aliphatic carbocycles. The smallest absolute Gasteiger partial charge is 0.378 e. The summed E-state index contributed by atoms with van der Waals surface area (Å²) in [7, 11) is -0.646. The summed E-state index contributed by atoms with van der Waals surface area (Å²) in [6.45, 7) is 9.94. The highest BCUT2D eigenvalue weighted by Crippen LogP contribution is 2.38. The molecule has 1 aliphatic rings.